The van der Waals surface area contributed by atoms with Gasteiger partial charge in [0.25, 0.3) is 0 Å². The van der Waals surface area contributed by atoms with Crippen molar-refractivity contribution in [2.75, 3.05) is 0 Å². The molecule has 2 aromatic carbocycles. The van der Waals surface area contributed by atoms with E-state index in [9.17, 15) is 19.5 Å². The van der Waals surface area contributed by atoms with E-state index in [1.165, 1.54) is 17.0 Å². The first kappa shape index (κ1) is 26.6. The Labute approximate surface area is 217 Å². The van der Waals surface area contributed by atoms with Gasteiger partial charge in [-0.3, -0.25) is 14.4 Å². The van der Waals surface area contributed by atoms with Crippen molar-refractivity contribution in [2.45, 2.75) is 77.5 Å². The van der Waals surface area contributed by atoms with Gasteiger partial charge in [0.2, 0.25) is 17.7 Å². The first-order chi connectivity index (χ1) is 17.4. The first-order valence-electron chi connectivity index (χ1n) is 12.9. The van der Waals surface area contributed by atoms with E-state index in [0.717, 1.165) is 17.2 Å². The molecule has 1 heterocycles. The molecule has 8 heteroatoms. The second-order valence-electron chi connectivity index (χ2n) is 11.7. The number of fused-ring (bicyclic) bond motifs is 1. The number of carbonyl (C=O) groups is 3. The van der Waals surface area contributed by atoms with E-state index in [0.29, 0.717) is 19.3 Å². The van der Waals surface area contributed by atoms with Crippen molar-refractivity contribution in [3.63, 3.8) is 0 Å². The van der Waals surface area contributed by atoms with Gasteiger partial charge < -0.3 is 20.6 Å². The third-order valence-corrected chi connectivity index (χ3v) is 7.01. The Hall–Kier alpha value is -3.42. The molecule has 0 radical (unpaired) electrons. The quantitative estimate of drug-likeness (QED) is 0.554. The van der Waals surface area contributed by atoms with Gasteiger partial charge in [0.15, 0.2) is 0 Å². The van der Waals surface area contributed by atoms with Gasteiger partial charge in [0.05, 0.1) is 0 Å². The Morgan fingerprint density at radius 2 is 1.76 bits per heavy atom. The summed E-state index contributed by atoms with van der Waals surface area (Å²) >= 11 is 0. The van der Waals surface area contributed by atoms with Crippen LogP contribution in [0.1, 0.15) is 63.8 Å². The van der Waals surface area contributed by atoms with Gasteiger partial charge in [-0.15, -0.1) is 0 Å². The zero-order valence-electron chi connectivity index (χ0n) is 22.0. The average Bonchev–Trinajstić information content (AvgIpc) is 3.22. The van der Waals surface area contributed by atoms with Gasteiger partial charge in [-0.1, -0.05) is 38.1 Å². The molecule has 4 rings (SSSR count). The highest BCUT2D eigenvalue weighted by molar-refractivity contribution is 6.00. The van der Waals surface area contributed by atoms with Crippen molar-refractivity contribution in [3.8, 4) is 5.75 Å². The molecule has 0 bridgehead atoms. The summed E-state index contributed by atoms with van der Waals surface area (Å²) in [5, 5.41) is 15.6. The average molecular weight is 510 g/mol. The highest BCUT2D eigenvalue weighted by Crippen LogP contribution is 2.36. The molecule has 37 heavy (non-hydrogen) atoms. The van der Waals surface area contributed by atoms with Crippen molar-refractivity contribution >= 4 is 17.7 Å². The summed E-state index contributed by atoms with van der Waals surface area (Å²) < 4.78 is 15.3. The second-order valence-corrected chi connectivity index (χ2v) is 11.7. The van der Waals surface area contributed by atoms with E-state index in [4.69, 9.17) is 0 Å². The minimum atomic E-state index is -1.38. The number of nitrogens with one attached hydrogen (secondary N) is 2. The minimum Gasteiger partial charge on any atom is -0.508 e. The molecular formula is C29H36FN3O4. The fourth-order valence-corrected chi connectivity index (χ4v) is 5.47. The Kier molecular flexibility index (Phi) is 7.31. The fraction of sp³-hybridized carbons (Fsp3) is 0.483. The fourth-order valence-electron chi connectivity index (χ4n) is 5.47. The minimum absolute atomic E-state index is 0.0364. The highest BCUT2D eigenvalue weighted by atomic mass is 19.1. The molecule has 1 aliphatic heterocycles. The Morgan fingerprint density at radius 1 is 1.14 bits per heavy atom. The standard InChI is InChI=1S/C29H36FN3O4/c1-16(2)12-23-26(35)31-24(19-13-17-8-6-7-9-18(17)14-19)28(37)33(23)25(27(36)32-29(3,4)5)21-11-10-20(34)15-22(21)30/h6-11,15-16,19,23-25,34H,12-14H2,1-5H3,(H,31,35)(H,32,36). The van der Waals surface area contributed by atoms with Crippen LogP contribution in [0.5, 0.6) is 5.75 Å². The van der Waals surface area contributed by atoms with Gasteiger partial charge in [-0.2, -0.15) is 0 Å². The Bertz CT molecular complexity index is 1180. The topological polar surface area (TPSA) is 98.7 Å². The van der Waals surface area contributed by atoms with Crippen LogP contribution >= 0.6 is 0 Å². The third-order valence-electron chi connectivity index (χ3n) is 7.01. The zero-order valence-corrected chi connectivity index (χ0v) is 22.0. The summed E-state index contributed by atoms with van der Waals surface area (Å²) in [5.74, 6) is -2.57. The molecule has 1 saturated heterocycles. The monoisotopic (exact) mass is 509 g/mol. The van der Waals surface area contributed by atoms with Gasteiger partial charge in [0, 0.05) is 17.2 Å². The molecule has 3 amide bonds. The van der Waals surface area contributed by atoms with Crippen molar-refractivity contribution in [3.05, 3.63) is 65.0 Å². The van der Waals surface area contributed by atoms with Crippen LogP contribution in [0.2, 0.25) is 0 Å². The number of piperazine rings is 1. The summed E-state index contributed by atoms with van der Waals surface area (Å²) in [6.07, 6.45) is 1.57. The lowest BCUT2D eigenvalue weighted by Crippen LogP contribution is -2.67. The number of phenols is 1. The molecule has 3 atom stereocenters. The second kappa shape index (κ2) is 10.1. The maximum Gasteiger partial charge on any atom is 0.247 e. The summed E-state index contributed by atoms with van der Waals surface area (Å²) in [5.41, 5.74) is 1.54. The number of benzene rings is 2. The molecular weight excluding hydrogens is 473 g/mol. The van der Waals surface area contributed by atoms with Gasteiger partial charge in [0.1, 0.15) is 29.7 Å². The number of rotatable bonds is 6. The smallest absolute Gasteiger partial charge is 0.247 e. The SMILES string of the molecule is CC(C)CC1C(=O)NC(C2Cc3ccccc3C2)C(=O)N1C(C(=O)NC(C)(C)C)c1ccc(O)cc1F. The maximum atomic E-state index is 15.3. The molecule has 1 aliphatic carbocycles. The molecule has 0 saturated carbocycles. The molecule has 0 spiro atoms. The number of hydrogen-bond donors (Lipinski definition) is 3. The van der Waals surface area contributed by atoms with E-state index in [1.807, 2.05) is 38.1 Å². The van der Waals surface area contributed by atoms with Gasteiger partial charge >= 0.3 is 0 Å². The summed E-state index contributed by atoms with van der Waals surface area (Å²) in [7, 11) is 0. The largest absolute Gasteiger partial charge is 0.508 e. The number of amides is 3. The molecule has 3 N–H and O–H groups in total. The molecule has 2 aromatic rings. The number of carbonyl (C=O) groups excluding carboxylic acids is 3. The lowest BCUT2D eigenvalue weighted by Gasteiger charge is -2.45. The molecule has 7 nitrogen and oxygen atoms in total. The van der Waals surface area contributed by atoms with E-state index >= 15 is 4.39 Å². The summed E-state index contributed by atoms with van der Waals surface area (Å²) in [4.78, 5) is 42.8. The van der Waals surface area contributed by atoms with E-state index in [2.05, 4.69) is 10.6 Å². The van der Waals surface area contributed by atoms with Crippen LogP contribution < -0.4 is 10.6 Å². The van der Waals surface area contributed by atoms with Crippen LogP contribution in [0.3, 0.4) is 0 Å². The number of hydrogen-bond acceptors (Lipinski definition) is 4. The van der Waals surface area contributed by atoms with Crippen molar-refractivity contribution in [1.82, 2.24) is 15.5 Å². The Morgan fingerprint density at radius 3 is 2.30 bits per heavy atom. The number of halogens is 1. The van der Waals surface area contributed by atoms with Crippen molar-refractivity contribution in [1.29, 1.82) is 0 Å². The van der Waals surface area contributed by atoms with Crippen LogP contribution in [0.15, 0.2) is 42.5 Å². The number of aromatic hydroxyl groups is 1. The summed E-state index contributed by atoms with van der Waals surface area (Å²) in [6.45, 7) is 9.25. The summed E-state index contributed by atoms with van der Waals surface area (Å²) in [6, 6.07) is 8.30. The Balaban J connectivity index is 1.79. The van der Waals surface area contributed by atoms with Crippen LogP contribution in [0.25, 0.3) is 0 Å². The van der Waals surface area contributed by atoms with E-state index in [1.54, 1.807) is 20.8 Å². The van der Waals surface area contributed by atoms with Gasteiger partial charge in [-0.25, -0.2) is 4.39 Å². The molecule has 1 fully saturated rings. The predicted molar refractivity (Wildman–Crippen MR) is 138 cm³/mol. The molecule has 198 valence electrons. The lowest BCUT2D eigenvalue weighted by molar-refractivity contribution is -0.158. The third kappa shape index (κ3) is 5.63. The van der Waals surface area contributed by atoms with Crippen LogP contribution in [-0.4, -0.2) is 45.4 Å². The van der Waals surface area contributed by atoms with Crippen molar-refractivity contribution in [2.24, 2.45) is 11.8 Å². The van der Waals surface area contributed by atoms with Crippen LogP contribution in [0.4, 0.5) is 4.39 Å². The van der Waals surface area contributed by atoms with Crippen LogP contribution in [0, 0.1) is 17.7 Å². The zero-order chi connectivity index (χ0) is 27.1. The number of nitrogens with zero attached hydrogens (tertiary/aromatic N) is 1. The first-order valence-corrected chi connectivity index (χ1v) is 12.9. The predicted octanol–water partition coefficient (Wildman–Crippen LogP) is 3.64. The lowest BCUT2D eigenvalue weighted by atomic mass is 9.87. The normalized spacial score (nSPS) is 21.1. The molecule has 2 aliphatic rings. The number of phenolic OH excluding ortho intramolecular Hbond substituents is 1. The van der Waals surface area contributed by atoms with Gasteiger partial charge in [-0.05, 0) is 75.1 Å². The highest BCUT2D eigenvalue weighted by Gasteiger charge is 2.50. The van der Waals surface area contributed by atoms with Crippen molar-refractivity contribution < 1.29 is 23.9 Å². The maximum absolute atomic E-state index is 15.3. The molecule has 0 aromatic heterocycles. The van der Waals surface area contributed by atoms with E-state index < -0.39 is 41.3 Å². The van der Waals surface area contributed by atoms with E-state index in [-0.39, 0.29) is 29.1 Å². The molecule has 3 unspecified atom stereocenters. The van der Waals surface area contributed by atoms with Crippen LogP contribution in [-0.2, 0) is 27.2 Å².